The topological polar surface area (TPSA) is 49.3 Å². The largest absolute Gasteiger partial charge is 0.480 e. The van der Waals surface area contributed by atoms with E-state index in [1.54, 1.807) is 0 Å². The first-order valence-electron chi connectivity index (χ1n) is 4.24. The number of hydrogen-bond acceptors (Lipinski definition) is 2. The van der Waals surface area contributed by atoms with Crippen LogP contribution >= 0.6 is 0 Å². The molecule has 0 aromatic carbocycles. The van der Waals surface area contributed by atoms with Crippen molar-refractivity contribution in [1.82, 2.24) is 5.32 Å². The molecule has 0 amide bonds. The van der Waals surface area contributed by atoms with Gasteiger partial charge in [-0.1, -0.05) is 0 Å². The van der Waals surface area contributed by atoms with Crippen LogP contribution in [0.1, 0.15) is 25.7 Å². The van der Waals surface area contributed by atoms with E-state index in [1.165, 1.54) is 19.3 Å². The summed E-state index contributed by atoms with van der Waals surface area (Å²) < 4.78 is 0. The van der Waals surface area contributed by atoms with Gasteiger partial charge in [0.25, 0.3) is 0 Å². The molecular weight excluding hydrogens is 142 g/mol. The number of nitrogens with one attached hydrogen (secondary N) is 1. The van der Waals surface area contributed by atoms with Gasteiger partial charge in [-0.2, -0.15) is 0 Å². The molecule has 0 aromatic heterocycles. The van der Waals surface area contributed by atoms with Crippen molar-refractivity contribution in [2.75, 3.05) is 0 Å². The number of piperidine rings is 1. The summed E-state index contributed by atoms with van der Waals surface area (Å²) in [6.45, 7) is 0. The van der Waals surface area contributed by atoms with E-state index in [4.69, 9.17) is 5.11 Å². The molecule has 2 fully saturated rings. The first kappa shape index (κ1) is 7.10. The van der Waals surface area contributed by atoms with Gasteiger partial charge in [0.15, 0.2) is 0 Å². The van der Waals surface area contributed by atoms with Crippen molar-refractivity contribution in [2.45, 2.75) is 37.8 Å². The molecule has 1 saturated heterocycles. The zero-order chi connectivity index (χ0) is 7.84. The maximum absolute atomic E-state index is 10.6. The first-order valence-corrected chi connectivity index (χ1v) is 4.24. The SMILES string of the molecule is O=C(O)C1CC2CCC(C2)N1. The zero-order valence-electron chi connectivity index (χ0n) is 6.42. The number of hydrogen-bond donors (Lipinski definition) is 2. The number of carboxylic acid groups (broad SMARTS) is 1. The molecule has 3 unspecified atom stereocenters. The predicted molar refractivity (Wildman–Crippen MR) is 40.3 cm³/mol. The summed E-state index contributed by atoms with van der Waals surface area (Å²) in [6.07, 6.45) is 4.44. The highest BCUT2D eigenvalue weighted by molar-refractivity contribution is 5.73. The Kier molecular flexibility index (Phi) is 1.60. The monoisotopic (exact) mass is 155 g/mol. The molecule has 1 saturated carbocycles. The average molecular weight is 155 g/mol. The van der Waals surface area contributed by atoms with Crippen LogP contribution in [0.3, 0.4) is 0 Å². The Morgan fingerprint density at radius 2 is 2.18 bits per heavy atom. The van der Waals surface area contributed by atoms with E-state index in [1.807, 2.05) is 0 Å². The van der Waals surface area contributed by atoms with Crippen molar-refractivity contribution >= 4 is 5.97 Å². The van der Waals surface area contributed by atoms with Gasteiger partial charge in [-0.15, -0.1) is 0 Å². The molecule has 0 radical (unpaired) electrons. The molecule has 2 N–H and O–H groups in total. The van der Waals surface area contributed by atoms with Gasteiger partial charge in [0.05, 0.1) is 0 Å². The molecule has 3 atom stereocenters. The Morgan fingerprint density at radius 3 is 2.82 bits per heavy atom. The van der Waals surface area contributed by atoms with Crippen LogP contribution in [0.4, 0.5) is 0 Å². The quantitative estimate of drug-likeness (QED) is 0.583. The molecule has 1 aliphatic carbocycles. The van der Waals surface area contributed by atoms with Gasteiger partial charge in [-0.05, 0) is 31.6 Å². The van der Waals surface area contributed by atoms with Crippen molar-refractivity contribution in [3.8, 4) is 0 Å². The molecule has 3 nitrogen and oxygen atoms in total. The standard InChI is InChI=1S/C8H13NO2/c10-8(11)7-4-5-1-2-6(3-5)9-7/h5-7,9H,1-4H2,(H,10,11). The van der Waals surface area contributed by atoms with E-state index < -0.39 is 5.97 Å². The lowest BCUT2D eigenvalue weighted by atomic mass is 9.94. The highest BCUT2D eigenvalue weighted by atomic mass is 16.4. The number of carboxylic acids is 1. The zero-order valence-corrected chi connectivity index (χ0v) is 6.42. The third-order valence-corrected chi connectivity index (χ3v) is 2.85. The molecule has 0 spiro atoms. The van der Waals surface area contributed by atoms with Crippen molar-refractivity contribution in [2.24, 2.45) is 5.92 Å². The Bertz CT molecular complexity index is 169. The maximum atomic E-state index is 10.6. The molecule has 2 rings (SSSR count). The smallest absolute Gasteiger partial charge is 0.320 e. The van der Waals surface area contributed by atoms with Crippen LogP contribution in [0.2, 0.25) is 0 Å². The van der Waals surface area contributed by atoms with Crippen molar-refractivity contribution in [3.63, 3.8) is 0 Å². The van der Waals surface area contributed by atoms with Crippen LogP contribution < -0.4 is 5.32 Å². The Morgan fingerprint density at radius 1 is 1.36 bits per heavy atom. The van der Waals surface area contributed by atoms with Crippen LogP contribution in [0.25, 0.3) is 0 Å². The summed E-state index contributed by atoms with van der Waals surface area (Å²) in [5.41, 5.74) is 0. The lowest BCUT2D eigenvalue weighted by Gasteiger charge is -2.26. The Balaban J connectivity index is 2.02. The number of aliphatic carboxylic acids is 1. The molecule has 2 bridgehead atoms. The second-order valence-electron chi connectivity index (χ2n) is 3.67. The lowest BCUT2D eigenvalue weighted by Crippen LogP contribution is -2.45. The van der Waals surface area contributed by atoms with Gasteiger partial charge < -0.3 is 10.4 Å². The third kappa shape index (κ3) is 1.25. The highest BCUT2D eigenvalue weighted by Gasteiger charge is 2.36. The van der Waals surface area contributed by atoms with E-state index in [0.717, 1.165) is 6.42 Å². The van der Waals surface area contributed by atoms with Gasteiger partial charge >= 0.3 is 5.97 Å². The van der Waals surface area contributed by atoms with E-state index in [0.29, 0.717) is 12.0 Å². The van der Waals surface area contributed by atoms with Gasteiger partial charge in [-0.3, -0.25) is 4.79 Å². The number of rotatable bonds is 1. The molecule has 1 aliphatic heterocycles. The summed E-state index contributed by atoms with van der Waals surface area (Å²) in [7, 11) is 0. The molecule has 62 valence electrons. The predicted octanol–water partition coefficient (Wildman–Crippen LogP) is 0.602. The van der Waals surface area contributed by atoms with Gasteiger partial charge in [0, 0.05) is 6.04 Å². The maximum Gasteiger partial charge on any atom is 0.320 e. The van der Waals surface area contributed by atoms with E-state index in [9.17, 15) is 4.79 Å². The fourth-order valence-electron chi connectivity index (χ4n) is 2.30. The second kappa shape index (κ2) is 2.48. The molecule has 3 heteroatoms. The van der Waals surface area contributed by atoms with Gasteiger partial charge in [0.2, 0.25) is 0 Å². The van der Waals surface area contributed by atoms with Gasteiger partial charge in [0.1, 0.15) is 6.04 Å². The highest BCUT2D eigenvalue weighted by Crippen LogP contribution is 2.33. The average Bonchev–Trinajstić information content (AvgIpc) is 2.30. The van der Waals surface area contributed by atoms with E-state index in [-0.39, 0.29) is 6.04 Å². The summed E-state index contributed by atoms with van der Waals surface area (Å²) in [4.78, 5) is 10.6. The Labute approximate surface area is 65.8 Å². The molecular formula is C8H13NO2. The minimum atomic E-state index is -0.679. The minimum absolute atomic E-state index is 0.263. The van der Waals surface area contributed by atoms with E-state index in [2.05, 4.69) is 5.32 Å². The minimum Gasteiger partial charge on any atom is -0.480 e. The summed E-state index contributed by atoms with van der Waals surface area (Å²) in [5.74, 6) is 0.00366. The molecule has 11 heavy (non-hydrogen) atoms. The summed E-state index contributed by atoms with van der Waals surface area (Å²) in [5, 5.41) is 11.9. The fourth-order valence-corrected chi connectivity index (χ4v) is 2.30. The van der Waals surface area contributed by atoms with Crippen LogP contribution in [-0.4, -0.2) is 23.2 Å². The summed E-state index contributed by atoms with van der Waals surface area (Å²) in [6, 6.07) is 0.232. The molecule has 0 aromatic rings. The number of carbonyl (C=O) groups is 1. The second-order valence-corrected chi connectivity index (χ2v) is 3.67. The summed E-state index contributed by atoms with van der Waals surface area (Å²) >= 11 is 0. The number of fused-ring (bicyclic) bond motifs is 2. The first-order chi connectivity index (χ1) is 5.25. The van der Waals surface area contributed by atoms with Crippen molar-refractivity contribution < 1.29 is 9.90 Å². The Hall–Kier alpha value is -0.570. The van der Waals surface area contributed by atoms with Crippen molar-refractivity contribution in [1.29, 1.82) is 0 Å². The molecule has 1 heterocycles. The third-order valence-electron chi connectivity index (χ3n) is 2.85. The van der Waals surface area contributed by atoms with Gasteiger partial charge in [-0.25, -0.2) is 0 Å². The van der Waals surface area contributed by atoms with E-state index >= 15 is 0 Å². The lowest BCUT2D eigenvalue weighted by molar-refractivity contribution is -0.140. The fraction of sp³-hybridized carbons (Fsp3) is 0.875. The van der Waals surface area contributed by atoms with Crippen LogP contribution in [-0.2, 0) is 4.79 Å². The van der Waals surface area contributed by atoms with Crippen LogP contribution in [0.15, 0.2) is 0 Å². The van der Waals surface area contributed by atoms with Crippen molar-refractivity contribution in [3.05, 3.63) is 0 Å². The molecule has 2 aliphatic rings. The normalized spacial score (nSPS) is 42.4. The van der Waals surface area contributed by atoms with Crippen LogP contribution in [0, 0.1) is 5.92 Å². The van der Waals surface area contributed by atoms with Crippen LogP contribution in [0.5, 0.6) is 0 Å².